The molecule has 9 aliphatic heterocycles. The standard InChI is InChI=1S/2C13H16ClN.2C13H16FN.2C12H13ClFN.3C12H14FN.CH4/c1-7(2)11-9(4)15-13-8(3)5-6-10(14)12(11)13;1-7(2)11-9(4)15-13-10(14)6-5-8(3)12(11)13;1-7(2)11-9(4)15-13-8(3)5-6-10(14)12(11)13;1-7(2)11-9(4)15-13-10(14)6-5-8(3)12(11)13;1-6(2)10-7(3)15-12-8(13)4-5-9(14)11(10)12;1-6(2)10-7(3)15-12-9(14)5-4-8(13)11(10)12;1-7(2)12-8(3)14-11-5-4-9(13)6-10(11)12;1-7(2)12-8(3)14-11-6-9(13)4-5-10(11)12;1-7(2)11-8(3)14-10-6-4-5-9(13)12(10)11;/h4*5-7,11,15H,4H2,1-3H3;2*4-6,10,15H,3H2,1-2H3;2*4-7,12,14H,3H2,1-2H3;4-7,11,14H,3H2,1-2H3;1H4. The Labute approximate surface area is 808 Å². The van der Waals surface area contributed by atoms with E-state index in [0.29, 0.717) is 104 Å². The topological polar surface area (TPSA) is 108 Å². The van der Waals surface area contributed by atoms with E-state index in [1.54, 1.807) is 42.5 Å². The molecule has 20 heteroatoms. The predicted octanol–water partition coefficient (Wildman–Crippen LogP) is 35.7. The minimum Gasteiger partial charge on any atom is -0.359 e. The van der Waals surface area contributed by atoms with Gasteiger partial charge in [-0.3, -0.25) is 0 Å². The van der Waals surface area contributed by atoms with Crippen LogP contribution in [0.4, 0.5) is 81.9 Å². The third-order valence-electron chi connectivity index (χ3n) is 25.8. The van der Waals surface area contributed by atoms with E-state index in [9.17, 15) is 30.7 Å². The van der Waals surface area contributed by atoms with Gasteiger partial charge in [0.1, 0.15) is 40.7 Å². The first-order chi connectivity index (χ1) is 61.9. The summed E-state index contributed by atoms with van der Waals surface area (Å²) in [6.45, 7) is 82.3. The molecule has 0 spiro atoms. The highest BCUT2D eigenvalue weighted by molar-refractivity contribution is 6.34. The zero-order chi connectivity index (χ0) is 97.9. The Morgan fingerprint density at radius 3 is 0.970 bits per heavy atom. The van der Waals surface area contributed by atoms with Crippen molar-refractivity contribution in [3.8, 4) is 0 Å². The Bertz CT molecular complexity index is 5320. The van der Waals surface area contributed by atoms with Gasteiger partial charge in [-0.05, 0) is 216 Å². The Morgan fingerprint density at radius 1 is 0.226 bits per heavy atom. The molecule has 9 N–H and O–H groups in total. The third-order valence-corrected chi connectivity index (χ3v) is 27.1. The van der Waals surface area contributed by atoms with Crippen LogP contribution in [0.25, 0.3) is 0 Å². The molecule has 0 amide bonds. The van der Waals surface area contributed by atoms with Crippen LogP contribution in [-0.4, -0.2) is 0 Å². The Hall–Kier alpha value is -10.5. The van der Waals surface area contributed by atoms with Gasteiger partial charge in [0.15, 0.2) is 0 Å². The summed E-state index contributed by atoms with van der Waals surface area (Å²) in [6, 6.07) is 35.6. The lowest BCUT2D eigenvalue weighted by Crippen LogP contribution is -2.07. The van der Waals surface area contributed by atoms with Crippen LogP contribution >= 0.6 is 46.4 Å². The van der Waals surface area contributed by atoms with Crippen molar-refractivity contribution < 1.29 is 30.7 Å². The number of hydrogen-bond donors (Lipinski definition) is 9. The minimum absolute atomic E-state index is 0. The lowest BCUT2D eigenvalue weighted by Gasteiger charge is -2.17. The molecule has 0 saturated carbocycles. The third kappa shape index (κ3) is 22.9. The summed E-state index contributed by atoms with van der Waals surface area (Å²) in [5.41, 5.74) is 29.7. The summed E-state index contributed by atoms with van der Waals surface area (Å²) in [5, 5.41) is 31.3. The van der Waals surface area contributed by atoms with Crippen LogP contribution in [0.1, 0.15) is 258 Å². The Morgan fingerprint density at radius 2 is 0.496 bits per heavy atom. The monoisotopic (exact) mass is 1890 g/mol. The molecule has 9 atom stereocenters. The molecular formula is C113H136Cl4F7N9. The second kappa shape index (κ2) is 44.3. The molecule has 9 aromatic carbocycles. The maximum absolute atomic E-state index is 13.8. The van der Waals surface area contributed by atoms with E-state index in [2.05, 4.69) is 238 Å². The van der Waals surface area contributed by atoms with Gasteiger partial charge in [0, 0.05) is 171 Å². The van der Waals surface area contributed by atoms with Gasteiger partial charge in [0.2, 0.25) is 0 Å². The van der Waals surface area contributed by atoms with E-state index in [-0.39, 0.29) is 83.7 Å². The zero-order valence-electron chi connectivity index (χ0n) is 80.5. The highest BCUT2D eigenvalue weighted by Gasteiger charge is 2.40. The van der Waals surface area contributed by atoms with E-state index in [1.165, 1.54) is 64.7 Å². The number of allylic oxidation sites excluding steroid dienone is 9. The Kier molecular flexibility index (Phi) is 35.4. The van der Waals surface area contributed by atoms with E-state index < -0.39 is 0 Å². The maximum Gasteiger partial charge on any atom is 0.147 e. The molecular weight excluding hydrogens is 1760 g/mol. The predicted molar refractivity (Wildman–Crippen MR) is 556 cm³/mol. The smallest absolute Gasteiger partial charge is 0.147 e. The van der Waals surface area contributed by atoms with E-state index in [0.717, 1.165) is 140 Å². The summed E-state index contributed by atoms with van der Waals surface area (Å²) in [6.07, 6.45) is 0. The number of aryl methyl sites for hydroxylation is 4. The first-order valence-corrected chi connectivity index (χ1v) is 47.0. The number of hydrogen-bond acceptors (Lipinski definition) is 9. The van der Waals surface area contributed by atoms with Crippen molar-refractivity contribution in [1.82, 2.24) is 0 Å². The molecule has 0 aliphatic carbocycles. The number of nitrogens with one attached hydrogen (secondary N) is 9. The fourth-order valence-electron chi connectivity index (χ4n) is 20.0. The number of benzene rings is 9. The van der Waals surface area contributed by atoms with Crippen LogP contribution < -0.4 is 47.9 Å². The van der Waals surface area contributed by atoms with E-state index >= 15 is 0 Å². The normalized spacial score (nSPS) is 19.3. The largest absolute Gasteiger partial charge is 0.359 e. The molecule has 9 aliphatic rings. The highest BCUT2D eigenvalue weighted by Crippen LogP contribution is 2.54. The number of anilines is 9. The number of halogens is 11. The molecule has 0 aromatic heterocycles. The minimum atomic E-state index is -0.265. The molecule has 9 aromatic rings. The van der Waals surface area contributed by atoms with Gasteiger partial charge in [-0.25, -0.2) is 30.7 Å². The van der Waals surface area contributed by atoms with Crippen molar-refractivity contribution >= 4 is 97.6 Å². The van der Waals surface area contributed by atoms with Crippen molar-refractivity contribution in [3.05, 3.63) is 371 Å². The molecule has 9 unspecified atom stereocenters. The second-order valence-electron chi connectivity index (χ2n) is 38.8. The molecule has 710 valence electrons. The molecule has 9 heterocycles. The van der Waals surface area contributed by atoms with Gasteiger partial charge in [-0.2, -0.15) is 0 Å². The quantitative estimate of drug-likeness (QED) is 0.0653. The first-order valence-electron chi connectivity index (χ1n) is 45.5. The van der Waals surface area contributed by atoms with Crippen LogP contribution in [0.2, 0.25) is 20.1 Å². The average molecular weight is 1900 g/mol. The molecule has 0 fully saturated rings. The number of rotatable bonds is 9. The lowest BCUT2D eigenvalue weighted by atomic mass is 9.86. The molecule has 0 saturated heterocycles. The fraction of sp³-hybridized carbons (Fsp3) is 0.363. The van der Waals surface area contributed by atoms with Gasteiger partial charge in [-0.1, -0.05) is 274 Å². The molecule has 18 rings (SSSR count). The molecule has 0 bridgehead atoms. The molecule has 133 heavy (non-hydrogen) atoms. The van der Waals surface area contributed by atoms with Gasteiger partial charge in [0.25, 0.3) is 0 Å². The highest BCUT2D eigenvalue weighted by atomic mass is 35.5. The number of fused-ring (bicyclic) bond motifs is 9. The van der Waals surface area contributed by atoms with Crippen molar-refractivity contribution in [2.45, 2.75) is 213 Å². The van der Waals surface area contributed by atoms with E-state index in [1.807, 2.05) is 64.1 Å². The van der Waals surface area contributed by atoms with E-state index in [4.69, 9.17) is 46.4 Å². The van der Waals surface area contributed by atoms with Crippen LogP contribution in [0.15, 0.2) is 238 Å². The summed E-state index contributed by atoms with van der Waals surface area (Å²) >= 11 is 24.5. The first kappa shape index (κ1) is 106. The summed E-state index contributed by atoms with van der Waals surface area (Å²) in [5.74, 6) is 4.35. The van der Waals surface area contributed by atoms with Gasteiger partial charge in [-0.15, -0.1) is 0 Å². The van der Waals surface area contributed by atoms with Crippen molar-refractivity contribution in [1.29, 1.82) is 0 Å². The van der Waals surface area contributed by atoms with Crippen LogP contribution in [0, 0.1) is 122 Å². The van der Waals surface area contributed by atoms with Crippen LogP contribution in [-0.2, 0) is 0 Å². The lowest BCUT2D eigenvalue weighted by molar-refractivity contribution is 0.532. The SMILES string of the molecule is C.C=C1Nc2c(C)ccc(Cl)c2C1C(C)C.C=C1Nc2c(C)ccc(F)c2C1C(C)C.C=C1Nc2c(Cl)ccc(C)c2C1C(C)C.C=C1Nc2c(Cl)ccc(F)c2C1C(C)C.C=C1Nc2c(F)ccc(C)c2C1C(C)C.C=C1Nc2c(F)ccc(Cl)c2C1C(C)C.C=C1Nc2cc(F)ccc2C1C(C)C.C=C1Nc2ccc(F)cc2C1C(C)C.C=C1Nc2cccc(F)c2C1C(C)C. The van der Waals surface area contributed by atoms with Crippen LogP contribution in [0.5, 0.6) is 0 Å². The summed E-state index contributed by atoms with van der Waals surface area (Å²) < 4.78 is 94.2. The Balaban J connectivity index is 0.000000168. The fourth-order valence-corrected chi connectivity index (χ4v) is 21.0. The zero-order valence-corrected chi connectivity index (χ0v) is 83.6. The van der Waals surface area contributed by atoms with Gasteiger partial charge >= 0.3 is 0 Å². The molecule has 9 nitrogen and oxygen atoms in total. The summed E-state index contributed by atoms with van der Waals surface area (Å²) in [7, 11) is 0. The maximum atomic E-state index is 13.8. The second-order valence-corrected chi connectivity index (χ2v) is 40.4. The van der Waals surface area contributed by atoms with Crippen molar-refractivity contribution in [2.24, 2.45) is 53.3 Å². The van der Waals surface area contributed by atoms with Crippen molar-refractivity contribution in [2.75, 3.05) is 47.9 Å². The average Bonchev–Trinajstić information content (AvgIpc) is 1.63. The van der Waals surface area contributed by atoms with Gasteiger partial charge in [0.05, 0.1) is 32.8 Å². The van der Waals surface area contributed by atoms with Gasteiger partial charge < -0.3 is 47.9 Å². The molecule has 0 radical (unpaired) electrons. The van der Waals surface area contributed by atoms with Crippen molar-refractivity contribution in [3.63, 3.8) is 0 Å². The summed E-state index contributed by atoms with van der Waals surface area (Å²) in [4.78, 5) is 0. The van der Waals surface area contributed by atoms with Crippen LogP contribution in [0.3, 0.4) is 0 Å².